The Morgan fingerprint density at radius 3 is 2.57 bits per heavy atom. The van der Waals surface area contributed by atoms with Gasteiger partial charge in [-0.2, -0.15) is 0 Å². The third-order valence-corrected chi connectivity index (χ3v) is 5.25. The molecule has 0 fully saturated rings. The van der Waals surface area contributed by atoms with E-state index in [1.54, 1.807) is 0 Å². The highest BCUT2D eigenvalue weighted by atomic mass is 32.2. The Morgan fingerprint density at radius 1 is 1.29 bits per heavy atom. The second-order valence-corrected chi connectivity index (χ2v) is 6.52. The van der Waals surface area contributed by atoms with Crippen molar-refractivity contribution in [2.75, 3.05) is 20.8 Å². The number of likely N-dealkylation sites (N-methyl/N-ethyl adjacent to an activating group) is 1. The molecule has 0 spiro atoms. The second-order valence-electron chi connectivity index (χ2n) is 3.39. The van der Waals surface area contributed by atoms with Gasteiger partial charge >= 0.3 is 0 Å². The quantitative estimate of drug-likeness (QED) is 0.384. The van der Waals surface area contributed by atoms with Gasteiger partial charge in [0.1, 0.15) is 0 Å². The van der Waals surface area contributed by atoms with E-state index >= 15 is 0 Å². The third-order valence-electron chi connectivity index (χ3n) is 2.37. The fraction of sp³-hybridized carbons (Fsp3) is 0.778. The van der Waals surface area contributed by atoms with Crippen molar-refractivity contribution in [1.82, 2.24) is 14.9 Å². The van der Waals surface area contributed by atoms with Crippen LogP contribution >= 0.6 is 20.2 Å². The zero-order valence-electron chi connectivity index (χ0n) is 9.08. The van der Waals surface area contributed by atoms with Gasteiger partial charge in [-0.1, -0.05) is 24.1 Å². The Hall–Kier alpha value is 0.400. The van der Waals surface area contributed by atoms with Crippen LogP contribution in [0.2, 0.25) is 0 Å². The summed E-state index contributed by atoms with van der Waals surface area (Å²) < 4.78 is 3.43. The van der Waals surface area contributed by atoms with Crippen LogP contribution in [0.5, 0.6) is 0 Å². The van der Waals surface area contributed by atoms with Crippen LogP contribution in [-0.4, -0.2) is 32.1 Å². The van der Waals surface area contributed by atoms with Gasteiger partial charge in [-0.05, 0) is 33.6 Å². The average Bonchev–Trinajstić information content (AvgIpc) is 2.26. The van der Waals surface area contributed by atoms with E-state index in [2.05, 4.69) is 33.7 Å². The van der Waals surface area contributed by atoms with Crippen LogP contribution in [-0.2, 0) is 0 Å². The summed E-state index contributed by atoms with van der Waals surface area (Å²) in [6, 6.07) is 0.583. The van der Waals surface area contributed by atoms with Crippen molar-refractivity contribution in [2.24, 2.45) is 0 Å². The normalized spacial score (nSPS) is 29.1. The van der Waals surface area contributed by atoms with Crippen molar-refractivity contribution in [3.8, 4) is 0 Å². The maximum absolute atomic E-state index is 3.43. The number of hydrogen-bond acceptors (Lipinski definition) is 4. The molecule has 0 heterocycles. The van der Waals surface area contributed by atoms with Gasteiger partial charge in [0.2, 0.25) is 0 Å². The van der Waals surface area contributed by atoms with E-state index in [9.17, 15) is 0 Å². The highest BCUT2D eigenvalue weighted by Gasteiger charge is 2.15. The third kappa shape index (κ3) is 4.28. The molecule has 0 aromatic rings. The lowest BCUT2D eigenvalue weighted by atomic mass is 10.0. The Bertz CT molecular complexity index is 189. The molecule has 0 bridgehead atoms. The molecule has 0 amide bonds. The summed E-state index contributed by atoms with van der Waals surface area (Å²) in [7, 11) is 3.81. The summed E-state index contributed by atoms with van der Waals surface area (Å²) in [5.74, 6) is 0. The summed E-state index contributed by atoms with van der Waals surface area (Å²) in [6.07, 6.45) is 7.08. The fourth-order valence-electron chi connectivity index (χ4n) is 1.33. The molecule has 0 aliphatic heterocycles. The first-order valence-electron chi connectivity index (χ1n) is 4.94. The standard InChI is InChI=1S/C9H20N3PS/c1-10-8-4-6-9(7-5-8)14-12-13(3)11-2/h4,6,8-12H,5,7H2,1-3H3. The molecule has 0 radical (unpaired) electrons. The lowest BCUT2D eigenvalue weighted by molar-refractivity contribution is 0.572. The van der Waals surface area contributed by atoms with Gasteiger partial charge in [0.25, 0.3) is 0 Å². The molecule has 14 heavy (non-hydrogen) atoms. The van der Waals surface area contributed by atoms with Crippen LogP contribution in [0.25, 0.3) is 0 Å². The van der Waals surface area contributed by atoms with E-state index in [0.29, 0.717) is 11.3 Å². The smallest absolute Gasteiger partial charge is 0.0404 e. The average molecular weight is 233 g/mol. The Kier molecular flexibility index (Phi) is 6.06. The van der Waals surface area contributed by atoms with Crippen LogP contribution in [0.3, 0.4) is 0 Å². The Morgan fingerprint density at radius 2 is 2.07 bits per heavy atom. The van der Waals surface area contributed by atoms with Crippen molar-refractivity contribution in [3.63, 3.8) is 0 Å². The van der Waals surface area contributed by atoms with Crippen molar-refractivity contribution >= 4 is 20.2 Å². The second kappa shape index (κ2) is 6.81. The summed E-state index contributed by atoms with van der Waals surface area (Å²) in [5.41, 5.74) is 0. The topological polar surface area (TPSA) is 36.1 Å². The molecule has 3 nitrogen and oxygen atoms in total. The van der Waals surface area contributed by atoms with E-state index in [0.717, 1.165) is 0 Å². The summed E-state index contributed by atoms with van der Waals surface area (Å²) in [5, 5.41) is 7.13. The summed E-state index contributed by atoms with van der Waals surface area (Å²) in [4.78, 5) is 0. The number of nitrogens with one attached hydrogen (secondary N) is 3. The minimum atomic E-state index is -0.204. The molecular weight excluding hydrogens is 213 g/mol. The zero-order valence-corrected chi connectivity index (χ0v) is 10.8. The minimum Gasteiger partial charge on any atom is -0.314 e. The number of rotatable bonds is 5. The molecule has 0 aromatic carbocycles. The lowest BCUT2D eigenvalue weighted by Crippen LogP contribution is -2.27. The molecule has 0 saturated carbocycles. The predicted octanol–water partition coefficient (Wildman–Crippen LogP) is 1.69. The van der Waals surface area contributed by atoms with E-state index in [1.807, 2.05) is 26.0 Å². The van der Waals surface area contributed by atoms with Gasteiger partial charge in [-0.25, -0.2) is 4.49 Å². The van der Waals surface area contributed by atoms with E-state index in [1.165, 1.54) is 12.8 Å². The molecule has 0 aromatic heterocycles. The van der Waals surface area contributed by atoms with Crippen LogP contribution in [0, 0.1) is 0 Å². The van der Waals surface area contributed by atoms with Crippen LogP contribution < -0.4 is 14.9 Å². The van der Waals surface area contributed by atoms with Crippen LogP contribution in [0.15, 0.2) is 12.2 Å². The van der Waals surface area contributed by atoms with Gasteiger partial charge in [0.15, 0.2) is 0 Å². The van der Waals surface area contributed by atoms with Gasteiger partial charge in [-0.3, -0.25) is 5.09 Å². The first-order chi connectivity index (χ1) is 6.76. The maximum Gasteiger partial charge on any atom is 0.0404 e. The Balaban J connectivity index is 2.21. The first kappa shape index (κ1) is 12.5. The molecule has 1 aliphatic carbocycles. The van der Waals surface area contributed by atoms with E-state index < -0.39 is 0 Å². The van der Waals surface area contributed by atoms with Gasteiger partial charge < -0.3 is 5.32 Å². The summed E-state index contributed by atoms with van der Waals surface area (Å²) in [6.45, 7) is 2.19. The largest absolute Gasteiger partial charge is 0.314 e. The first-order valence-corrected chi connectivity index (χ1v) is 7.61. The van der Waals surface area contributed by atoms with Gasteiger partial charge in [0.05, 0.1) is 0 Å². The molecule has 3 N–H and O–H groups in total. The minimum absolute atomic E-state index is 0.204. The van der Waals surface area contributed by atoms with Crippen LogP contribution in [0.1, 0.15) is 12.8 Å². The van der Waals surface area contributed by atoms with Crippen molar-refractivity contribution in [3.05, 3.63) is 12.2 Å². The SMILES string of the molecule is CNC1C=CC(SNP(C)NC)CC1. The zero-order chi connectivity index (χ0) is 10.4. The molecule has 1 rings (SSSR count). The molecular formula is C9H20N3PS. The van der Waals surface area contributed by atoms with Gasteiger partial charge in [-0.15, -0.1) is 0 Å². The van der Waals surface area contributed by atoms with E-state index in [-0.39, 0.29) is 8.22 Å². The molecule has 1 aliphatic rings. The highest BCUT2D eigenvalue weighted by molar-refractivity contribution is 8.02. The highest BCUT2D eigenvalue weighted by Crippen LogP contribution is 2.28. The van der Waals surface area contributed by atoms with Crippen molar-refractivity contribution in [1.29, 1.82) is 0 Å². The maximum atomic E-state index is 3.43. The molecule has 5 heteroatoms. The van der Waals surface area contributed by atoms with Crippen LogP contribution in [0.4, 0.5) is 0 Å². The molecule has 0 saturated heterocycles. The lowest BCUT2D eigenvalue weighted by Gasteiger charge is -2.23. The predicted molar refractivity (Wildman–Crippen MR) is 67.6 cm³/mol. The fourth-order valence-corrected chi connectivity index (χ4v) is 3.29. The number of hydrogen-bond donors (Lipinski definition) is 3. The van der Waals surface area contributed by atoms with E-state index in [4.69, 9.17) is 0 Å². The summed E-state index contributed by atoms with van der Waals surface area (Å²) >= 11 is 1.84. The molecule has 3 unspecified atom stereocenters. The molecule has 3 atom stereocenters. The van der Waals surface area contributed by atoms with Gasteiger partial charge in [0, 0.05) is 19.5 Å². The van der Waals surface area contributed by atoms with Crippen molar-refractivity contribution < 1.29 is 0 Å². The van der Waals surface area contributed by atoms with Crippen molar-refractivity contribution in [2.45, 2.75) is 24.1 Å². The molecule has 82 valence electrons. The Labute approximate surface area is 92.5 Å². The monoisotopic (exact) mass is 233 g/mol.